The predicted octanol–water partition coefficient (Wildman–Crippen LogP) is 1.91. The number of alkyl halides is 3. The van der Waals surface area contributed by atoms with Gasteiger partial charge in [-0.25, -0.2) is 0 Å². The highest BCUT2D eigenvalue weighted by Gasteiger charge is 2.36. The van der Waals surface area contributed by atoms with Crippen molar-refractivity contribution in [2.24, 2.45) is 5.73 Å². The van der Waals surface area contributed by atoms with Crippen molar-refractivity contribution in [3.05, 3.63) is 0 Å². The van der Waals surface area contributed by atoms with Crippen LogP contribution in [-0.4, -0.2) is 35.6 Å². The van der Waals surface area contributed by atoms with Crippen LogP contribution in [0.3, 0.4) is 0 Å². The van der Waals surface area contributed by atoms with Gasteiger partial charge in [0.15, 0.2) is 0 Å². The van der Waals surface area contributed by atoms with Gasteiger partial charge in [-0.05, 0) is 19.8 Å². The standard InChI is InChI=1S/C10H19F3N2O/c1-4-8(5-2)15(6-10(11,12)13)9(16)7(3)14/h7-8H,4-6,14H2,1-3H3/t7-/m0/s1. The fourth-order valence-corrected chi connectivity index (χ4v) is 1.57. The minimum Gasteiger partial charge on any atom is -0.329 e. The van der Waals surface area contributed by atoms with Gasteiger partial charge >= 0.3 is 6.18 Å². The third kappa shape index (κ3) is 4.83. The average Bonchev–Trinajstić information content (AvgIpc) is 2.15. The Morgan fingerprint density at radius 2 is 1.75 bits per heavy atom. The van der Waals surface area contributed by atoms with Crippen molar-refractivity contribution in [2.75, 3.05) is 6.54 Å². The molecule has 16 heavy (non-hydrogen) atoms. The molecule has 0 unspecified atom stereocenters. The summed E-state index contributed by atoms with van der Waals surface area (Å²) in [7, 11) is 0. The maximum absolute atomic E-state index is 12.3. The summed E-state index contributed by atoms with van der Waals surface area (Å²) in [6.45, 7) is 3.69. The molecule has 96 valence electrons. The van der Waals surface area contributed by atoms with E-state index in [0.29, 0.717) is 12.8 Å². The number of nitrogens with two attached hydrogens (primary N) is 1. The summed E-state index contributed by atoms with van der Waals surface area (Å²) in [6.07, 6.45) is -3.40. The number of amides is 1. The summed E-state index contributed by atoms with van der Waals surface area (Å²) in [5.41, 5.74) is 5.34. The summed E-state index contributed by atoms with van der Waals surface area (Å²) in [5.74, 6) is -0.647. The molecule has 6 heteroatoms. The summed E-state index contributed by atoms with van der Waals surface area (Å²) in [6, 6.07) is -1.30. The van der Waals surface area contributed by atoms with E-state index in [2.05, 4.69) is 0 Å². The van der Waals surface area contributed by atoms with Crippen LogP contribution in [0.1, 0.15) is 33.6 Å². The quantitative estimate of drug-likeness (QED) is 0.798. The van der Waals surface area contributed by atoms with Gasteiger partial charge in [-0.2, -0.15) is 13.2 Å². The second-order valence-corrected chi connectivity index (χ2v) is 3.84. The fraction of sp³-hybridized carbons (Fsp3) is 0.900. The van der Waals surface area contributed by atoms with Gasteiger partial charge in [-0.15, -0.1) is 0 Å². The first-order valence-corrected chi connectivity index (χ1v) is 5.35. The lowest BCUT2D eigenvalue weighted by molar-refractivity contribution is -0.166. The molecular weight excluding hydrogens is 221 g/mol. The molecule has 0 spiro atoms. The van der Waals surface area contributed by atoms with E-state index < -0.39 is 30.7 Å². The van der Waals surface area contributed by atoms with E-state index in [-0.39, 0.29) is 0 Å². The molecule has 0 aromatic rings. The van der Waals surface area contributed by atoms with Gasteiger partial charge < -0.3 is 10.6 Å². The molecular formula is C10H19F3N2O. The molecule has 2 N–H and O–H groups in total. The zero-order valence-electron chi connectivity index (χ0n) is 9.84. The second kappa shape index (κ2) is 6.08. The minimum absolute atomic E-state index is 0.403. The van der Waals surface area contributed by atoms with Gasteiger partial charge in [0.25, 0.3) is 0 Å². The molecule has 0 aliphatic carbocycles. The first-order valence-electron chi connectivity index (χ1n) is 5.35. The van der Waals surface area contributed by atoms with Crippen molar-refractivity contribution < 1.29 is 18.0 Å². The Hall–Kier alpha value is -0.780. The van der Waals surface area contributed by atoms with E-state index in [1.807, 2.05) is 0 Å². The number of halogens is 3. The molecule has 1 amide bonds. The number of nitrogens with zero attached hydrogens (tertiary/aromatic N) is 1. The third-order valence-electron chi connectivity index (χ3n) is 2.41. The normalized spacial score (nSPS) is 14.0. The molecule has 0 aromatic heterocycles. The molecule has 1 atom stereocenters. The fourth-order valence-electron chi connectivity index (χ4n) is 1.57. The highest BCUT2D eigenvalue weighted by molar-refractivity contribution is 5.81. The van der Waals surface area contributed by atoms with Crippen molar-refractivity contribution in [1.29, 1.82) is 0 Å². The van der Waals surface area contributed by atoms with Gasteiger partial charge in [0.1, 0.15) is 6.54 Å². The van der Waals surface area contributed by atoms with Gasteiger partial charge in [0, 0.05) is 6.04 Å². The first-order chi connectivity index (χ1) is 7.22. The van der Waals surface area contributed by atoms with Crippen LogP contribution in [0.5, 0.6) is 0 Å². The Labute approximate surface area is 93.8 Å². The Morgan fingerprint density at radius 3 is 2.00 bits per heavy atom. The topological polar surface area (TPSA) is 46.3 Å². The minimum atomic E-state index is -4.38. The Kier molecular flexibility index (Phi) is 5.78. The first kappa shape index (κ1) is 15.2. The van der Waals surface area contributed by atoms with Gasteiger partial charge in [-0.3, -0.25) is 4.79 Å². The molecule has 0 rings (SSSR count). The van der Waals surface area contributed by atoms with Crippen molar-refractivity contribution in [3.8, 4) is 0 Å². The molecule has 0 fully saturated rings. The van der Waals surface area contributed by atoms with Crippen molar-refractivity contribution in [1.82, 2.24) is 4.90 Å². The van der Waals surface area contributed by atoms with Crippen LogP contribution in [0.25, 0.3) is 0 Å². The summed E-state index contributed by atoms with van der Waals surface area (Å²) in [5, 5.41) is 0. The monoisotopic (exact) mass is 240 g/mol. The lowest BCUT2D eigenvalue weighted by Gasteiger charge is -2.32. The zero-order chi connectivity index (χ0) is 12.9. The van der Waals surface area contributed by atoms with E-state index in [4.69, 9.17) is 5.73 Å². The molecule has 0 bridgehead atoms. The molecule has 0 radical (unpaired) electrons. The van der Waals surface area contributed by atoms with E-state index in [1.54, 1.807) is 13.8 Å². The van der Waals surface area contributed by atoms with Crippen LogP contribution in [-0.2, 0) is 4.79 Å². The molecule has 0 aliphatic heterocycles. The second-order valence-electron chi connectivity index (χ2n) is 3.84. The van der Waals surface area contributed by atoms with Crippen LogP contribution in [0, 0.1) is 0 Å². The van der Waals surface area contributed by atoms with Crippen LogP contribution < -0.4 is 5.73 Å². The number of hydrogen-bond acceptors (Lipinski definition) is 2. The van der Waals surface area contributed by atoms with Crippen LogP contribution in [0.2, 0.25) is 0 Å². The Morgan fingerprint density at radius 1 is 1.31 bits per heavy atom. The van der Waals surface area contributed by atoms with Crippen molar-refractivity contribution >= 4 is 5.91 Å². The van der Waals surface area contributed by atoms with Gasteiger partial charge in [0.05, 0.1) is 6.04 Å². The molecule has 3 nitrogen and oxygen atoms in total. The highest BCUT2D eigenvalue weighted by Crippen LogP contribution is 2.20. The summed E-state index contributed by atoms with van der Waals surface area (Å²) < 4.78 is 37.0. The van der Waals surface area contributed by atoms with Crippen molar-refractivity contribution in [2.45, 2.75) is 51.9 Å². The van der Waals surface area contributed by atoms with Gasteiger partial charge in [-0.1, -0.05) is 13.8 Å². The maximum atomic E-state index is 12.3. The van der Waals surface area contributed by atoms with Crippen LogP contribution >= 0.6 is 0 Å². The molecule has 0 saturated carbocycles. The third-order valence-corrected chi connectivity index (χ3v) is 2.41. The van der Waals surface area contributed by atoms with E-state index in [1.165, 1.54) is 6.92 Å². The largest absolute Gasteiger partial charge is 0.406 e. The smallest absolute Gasteiger partial charge is 0.329 e. The van der Waals surface area contributed by atoms with E-state index >= 15 is 0 Å². The molecule has 0 heterocycles. The number of hydrogen-bond donors (Lipinski definition) is 1. The molecule has 0 aliphatic rings. The number of rotatable bonds is 5. The summed E-state index contributed by atoms with van der Waals surface area (Å²) >= 11 is 0. The number of carbonyl (C=O) groups excluding carboxylic acids is 1. The maximum Gasteiger partial charge on any atom is 0.406 e. The zero-order valence-corrected chi connectivity index (χ0v) is 9.84. The van der Waals surface area contributed by atoms with Crippen molar-refractivity contribution in [3.63, 3.8) is 0 Å². The lowest BCUT2D eigenvalue weighted by atomic mass is 10.1. The number of carbonyl (C=O) groups is 1. The van der Waals surface area contributed by atoms with E-state index in [0.717, 1.165) is 4.90 Å². The Bertz CT molecular complexity index is 225. The SMILES string of the molecule is CCC(CC)N(CC(F)(F)F)C(=O)[C@H](C)N. The Balaban J connectivity index is 4.82. The highest BCUT2D eigenvalue weighted by atomic mass is 19.4. The van der Waals surface area contributed by atoms with Crippen LogP contribution in [0.15, 0.2) is 0 Å². The van der Waals surface area contributed by atoms with Crippen LogP contribution in [0.4, 0.5) is 13.2 Å². The molecule has 0 saturated heterocycles. The van der Waals surface area contributed by atoms with Gasteiger partial charge in [0.2, 0.25) is 5.91 Å². The summed E-state index contributed by atoms with van der Waals surface area (Å²) in [4.78, 5) is 12.4. The lowest BCUT2D eigenvalue weighted by Crippen LogP contribution is -2.50. The predicted molar refractivity (Wildman–Crippen MR) is 55.8 cm³/mol. The average molecular weight is 240 g/mol. The van der Waals surface area contributed by atoms with E-state index in [9.17, 15) is 18.0 Å². The molecule has 0 aromatic carbocycles.